The molecule has 1 aliphatic rings. The lowest BCUT2D eigenvalue weighted by atomic mass is 9.39. The highest BCUT2D eigenvalue weighted by molar-refractivity contribution is 5.83. The molecular formula is C30H32O6. The van der Waals surface area contributed by atoms with Crippen molar-refractivity contribution >= 4 is 21.9 Å². The zero-order valence-corrected chi connectivity index (χ0v) is 21.6. The molecule has 2 heterocycles. The number of ether oxygens (including phenoxy) is 2. The highest BCUT2D eigenvalue weighted by Gasteiger charge is 2.61. The van der Waals surface area contributed by atoms with Gasteiger partial charge in [-0.2, -0.15) is 0 Å². The van der Waals surface area contributed by atoms with E-state index in [0.29, 0.717) is 24.0 Å². The number of fused-ring (bicyclic) bond motifs is 2. The van der Waals surface area contributed by atoms with E-state index in [9.17, 15) is 9.59 Å². The molecule has 5 rings (SSSR count). The summed E-state index contributed by atoms with van der Waals surface area (Å²) in [5.74, 6) is 2.02. The molecule has 1 saturated carbocycles. The summed E-state index contributed by atoms with van der Waals surface area (Å²) in [4.78, 5) is 24.1. The van der Waals surface area contributed by atoms with E-state index < -0.39 is 0 Å². The van der Waals surface area contributed by atoms with Gasteiger partial charge < -0.3 is 18.3 Å². The second-order valence-electron chi connectivity index (χ2n) is 11.0. The van der Waals surface area contributed by atoms with Crippen molar-refractivity contribution in [2.45, 2.75) is 40.5 Å². The Hall–Kier alpha value is -3.54. The average Bonchev–Trinajstić information content (AvgIpc) is 2.84. The van der Waals surface area contributed by atoms with Gasteiger partial charge in [0.25, 0.3) is 0 Å². The summed E-state index contributed by atoms with van der Waals surface area (Å²) in [6.07, 6.45) is 1.43. The second-order valence-corrected chi connectivity index (χ2v) is 11.0. The molecule has 0 atom stereocenters. The van der Waals surface area contributed by atoms with Gasteiger partial charge in [0.1, 0.15) is 22.7 Å². The first-order chi connectivity index (χ1) is 17.1. The van der Waals surface area contributed by atoms with Crippen molar-refractivity contribution in [2.75, 3.05) is 14.2 Å². The zero-order chi connectivity index (χ0) is 25.8. The molecule has 2 aromatic carbocycles. The van der Waals surface area contributed by atoms with Gasteiger partial charge in [0.2, 0.25) is 0 Å². The Labute approximate surface area is 209 Å². The summed E-state index contributed by atoms with van der Waals surface area (Å²) >= 11 is 0. The predicted molar refractivity (Wildman–Crippen MR) is 140 cm³/mol. The van der Waals surface area contributed by atoms with E-state index in [4.69, 9.17) is 18.3 Å². The number of hydrogen-bond donors (Lipinski definition) is 0. The third kappa shape index (κ3) is 3.71. The molecule has 0 amide bonds. The molecule has 6 nitrogen and oxygen atoms in total. The van der Waals surface area contributed by atoms with Gasteiger partial charge in [-0.25, -0.2) is 9.59 Å². The summed E-state index contributed by atoms with van der Waals surface area (Å²) in [5.41, 5.74) is 2.17. The lowest BCUT2D eigenvalue weighted by molar-refractivity contribution is -0.160. The molecule has 2 aromatic heterocycles. The second kappa shape index (κ2) is 8.54. The summed E-state index contributed by atoms with van der Waals surface area (Å²) in [7, 11) is 3.29. The smallest absolute Gasteiger partial charge is 0.336 e. The van der Waals surface area contributed by atoms with Crippen molar-refractivity contribution in [1.29, 1.82) is 0 Å². The van der Waals surface area contributed by atoms with Crippen LogP contribution in [0.4, 0.5) is 0 Å². The van der Waals surface area contributed by atoms with Gasteiger partial charge >= 0.3 is 11.3 Å². The molecule has 0 N–H and O–H groups in total. The van der Waals surface area contributed by atoms with Crippen LogP contribution in [0.5, 0.6) is 11.5 Å². The van der Waals surface area contributed by atoms with Crippen molar-refractivity contribution in [3.8, 4) is 11.5 Å². The largest absolute Gasteiger partial charge is 0.496 e. The van der Waals surface area contributed by atoms with Crippen molar-refractivity contribution in [2.24, 2.45) is 22.7 Å². The molecule has 0 unspecified atom stereocenters. The molecule has 4 aromatic rings. The summed E-state index contributed by atoms with van der Waals surface area (Å²) in [6.45, 7) is 9.15. The van der Waals surface area contributed by atoms with Crippen molar-refractivity contribution in [1.82, 2.24) is 0 Å². The van der Waals surface area contributed by atoms with E-state index in [1.165, 1.54) is 12.1 Å². The van der Waals surface area contributed by atoms with Gasteiger partial charge in [-0.05, 0) is 71.9 Å². The van der Waals surface area contributed by atoms with Gasteiger partial charge in [-0.1, -0.05) is 27.7 Å². The molecule has 188 valence electrons. The molecule has 0 radical (unpaired) electrons. The average molecular weight is 489 g/mol. The van der Waals surface area contributed by atoms with Crippen LogP contribution < -0.4 is 20.7 Å². The summed E-state index contributed by atoms with van der Waals surface area (Å²) in [5, 5.41) is 1.76. The Morgan fingerprint density at radius 1 is 0.639 bits per heavy atom. The maximum absolute atomic E-state index is 12.1. The van der Waals surface area contributed by atoms with Crippen molar-refractivity contribution in [3.63, 3.8) is 0 Å². The third-order valence-corrected chi connectivity index (χ3v) is 8.55. The fourth-order valence-electron chi connectivity index (χ4n) is 6.88. The Morgan fingerprint density at radius 2 is 1.00 bits per heavy atom. The topological polar surface area (TPSA) is 78.9 Å². The Balaban J connectivity index is 1.54. The van der Waals surface area contributed by atoms with Gasteiger partial charge in [0.15, 0.2) is 0 Å². The van der Waals surface area contributed by atoms with Crippen LogP contribution in [0.3, 0.4) is 0 Å². The van der Waals surface area contributed by atoms with Gasteiger partial charge in [0.05, 0.1) is 14.2 Å². The van der Waals surface area contributed by atoms with Crippen LogP contribution in [0.25, 0.3) is 21.9 Å². The van der Waals surface area contributed by atoms with Crippen LogP contribution in [0, 0.1) is 22.7 Å². The highest BCUT2D eigenvalue weighted by Crippen LogP contribution is 2.66. The first-order valence-corrected chi connectivity index (χ1v) is 12.3. The predicted octanol–water partition coefficient (Wildman–Crippen LogP) is 6.00. The SMILES string of the molecule is COc1ccc2ccc(=O)oc2c1CC1C(C)(C)C(Cc2c(OC)ccc3ccc(=O)oc23)C1(C)C. The summed E-state index contributed by atoms with van der Waals surface area (Å²) < 4.78 is 22.7. The van der Waals surface area contributed by atoms with Gasteiger partial charge in [-0.15, -0.1) is 0 Å². The van der Waals surface area contributed by atoms with E-state index >= 15 is 0 Å². The lowest BCUT2D eigenvalue weighted by Crippen LogP contribution is -2.60. The lowest BCUT2D eigenvalue weighted by Gasteiger charge is -2.65. The Kier molecular flexibility index (Phi) is 5.73. The van der Waals surface area contributed by atoms with E-state index in [-0.39, 0.29) is 33.9 Å². The first-order valence-electron chi connectivity index (χ1n) is 12.3. The quantitative estimate of drug-likeness (QED) is 0.310. The monoisotopic (exact) mass is 488 g/mol. The first kappa shape index (κ1) is 24.2. The highest BCUT2D eigenvalue weighted by atomic mass is 16.5. The maximum atomic E-state index is 12.1. The molecule has 1 aliphatic carbocycles. The van der Waals surface area contributed by atoms with E-state index in [1.54, 1.807) is 26.4 Å². The van der Waals surface area contributed by atoms with Crippen molar-refractivity contribution in [3.05, 3.63) is 80.5 Å². The maximum Gasteiger partial charge on any atom is 0.336 e. The van der Waals surface area contributed by atoms with Crippen LogP contribution in [0.2, 0.25) is 0 Å². The van der Waals surface area contributed by atoms with E-state index in [1.807, 2.05) is 24.3 Å². The minimum atomic E-state index is -0.369. The Bertz CT molecular complexity index is 1440. The van der Waals surface area contributed by atoms with E-state index in [0.717, 1.165) is 33.4 Å². The zero-order valence-electron chi connectivity index (χ0n) is 21.6. The molecule has 1 fully saturated rings. The molecule has 0 spiro atoms. The number of rotatable bonds is 6. The molecule has 0 saturated heterocycles. The van der Waals surface area contributed by atoms with Crippen LogP contribution in [0.1, 0.15) is 38.8 Å². The molecule has 6 heteroatoms. The minimum Gasteiger partial charge on any atom is -0.496 e. The van der Waals surface area contributed by atoms with Crippen LogP contribution in [-0.2, 0) is 12.8 Å². The number of benzene rings is 2. The molecule has 0 bridgehead atoms. The number of hydrogen-bond acceptors (Lipinski definition) is 6. The minimum absolute atomic E-state index is 0.0615. The standard InChI is InChI=1S/C30H32O6/c1-29(2)23(15-19-21(33-5)11-7-17-9-13-25(31)35-27(17)19)30(3,4)24(29)16-20-22(34-6)12-8-18-10-14-26(32)36-28(18)20/h7-14,23-24H,15-16H2,1-6H3. The van der Waals surface area contributed by atoms with Crippen molar-refractivity contribution < 1.29 is 18.3 Å². The number of methoxy groups -OCH3 is 2. The summed E-state index contributed by atoms with van der Waals surface area (Å²) in [6, 6.07) is 14.2. The van der Waals surface area contributed by atoms with Crippen LogP contribution in [0.15, 0.2) is 67.0 Å². The van der Waals surface area contributed by atoms with Gasteiger partial charge in [-0.3, -0.25) is 0 Å². The Morgan fingerprint density at radius 3 is 1.36 bits per heavy atom. The normalized spacial score (nSPS) is 20.3. The van der Waals surface area contributed by atoms with E-state index in [2.05, 4.69) is 27.7 Å². The molecule has 0 aliphatic heterocycles. The fraction of sp³-hybridized carbons (Fsp3) is 0.400. The van der Waals surface area contributed by atoms with Gasteiger partial charge in [0, 0.05) is 34.0 Å². The third-order valence-electron chi connectivity index (χ3n) is 8.55. The molecular weight excluding hydrogens is 456 g/mol. The molecule has 36 heavy (non-hydrogen) atoms. The van der Waals surface area contributed by atoms with Crippen LogP contribution >= 0.6 is 0 Å². The fourth-order valence-corrected chi connectivity index (χ4v) is 6.88. The van der Waals surface area contributed by atoms with Crippen LogP contribution in [-0.4, -0.2) is 14.2 Å².